The zero-order chi connectivity index (χ0) is 8.97. The normalized spacial score (nSPS) is 12.1. The SMILES string of the molecule is CC/C(=C\c1nc(C)cs1)CO. The first-order valence-corrected chi connectivity index (χ1v) is 4.86. The number of hydrogen-bond donors (Lipinski definition) is 1. The Morgan fingerprint density at radius 2 is 2.50 bits per heavy atom. The average molecular weight is 183 g/mol. The Morgan fingerprint density at radius 3 is 2.92 bits per heavy atom. The molecule has 0 aliphatic heterocycles. The van der Waals surface area contributed by atoms with E-state index in [0.717, 1.165) is 22.7 Å². The number of thiazole rings is 1. The molecule has 1 aromatic rings. The molecule has 3 heteroatoms. The van der Waals surface area contributed by atoms with Gasteiger partial charge < -0.3 is 5.11 Å². The second kappa shape index (κ2) is 4.38. The smallest absolute Gasteiger partial charge is 0.116 e. The molecule has 1 heterocycles. The Hall–Kier alpha value is -0.670. The van der Waals surface area contributed by atoms with Crippen LogP contribution in [-0.4, -0.2) is 16.7 Å². The molecule has 0 aromatic carbocycles. The molecule has 0 fully saturated rings. The molecule has 1 rings (SSSR count). The molecule has 66 valence electrons. The van der Waals surface area contributed by atoms with Crippen LogP contribution in [0.3, 0.4) is 0 Å². The Labute approximate surface area is 76.6 Å². The van der Waals surface area contributed by atoms with Crippen LogP contribution in [0.25, 0.3) is 6.08 Å². The highest BCUT2D eigenvalue weighted by Crippen LogP contribution is 2.13. The molecule has 0 saturated heterocycles. The van der Waals surface area contributed by atoms with Crippen molar-refractivity contribution in [2.24, 2.45) is 0 Å². The first kappa shape index (κ1) is 9.42. The number of nitrogens with zero attached hydrogens (tertiary/aromatic N) is 1. The van der Waals surface area contributed by atoms with Crippen molar-refractivity contribution in [2.45, 2.75) is 20.3 Å². The lowest BCUT2D eigenvalue weighted by molar-refractivity contribution is 0.329. The van der Waals surface area contributed by atoms with E-state index in [1.807, 2.05) is 25.3 Å². The number of aromatic nitrogens is 1. The minimum Gasteiger partial charge on any atom is -0.392 e. The van der Waals surface area contributed by atoms with Gasteiger partial charge in [-0.05, 0) is 25.0 Å². The van der Waals surface area contributed by atoms with Gasteiger partial charge in [-0.25, -0.2) is 4.98 Å². The minimum absolute atomic E-state index is 0.134. The largest absolute Gasteiger partial charge is 0.392 e. The third-order valence-electron chi connectivity index (χ3n) is 1.62. The summed E-state index contributed by atoms with van der Waals surface area (Å²) in [5.74, 6) is 0. The molecular weight excluding hydrogens is 170 g/mol. The van der Waals surface area contributed by atoms with E-state index in [2.05, 4.69) is 4.98 Å². The van der Waals surface area contributed by atoms with E-state index in [0.29, 0.717) is 0 Å². The van der Waals surface area contributed by atoms with Gasteiger partial charge in [0.05, 0.1) is 6.61 Å². The van der Waals surface area contributed by atoms with E-state index < -0.39 is 0 Å². The summed E-state index contributed by atoms with van der Waals surface area (Å²) in [5, 5.41) is 11.9. The Bertz CT molecular complexity index is 272. The van der Waals surface area contributed by atoms with Gasteiger partial charge in [-0.2, -0.15) is 0 Å². The number of rotatable bonds is 3. The average Bonchev–Trinajstić information content (AvgIpc) is 2.47. The molecule has 0 spiro atoms. The summed E-state index contributed by atoms with van der Waals surface area (Å²) in [5.41, 5.74) is 2.07. The summed E-state index contributed by atoms with van der Waals surface area (Å²) < 4.78 is 0. The van der Waals surface area contributed by atoms with Gasteiger partial charge in [-0.3, -0.25) is 0 Å². The molecular formula is C9H13NOS. The molecule has 1 N–H and O–H groups in total. The molecule has 0 bridgehead atoms. The van der Waals surface area contributed by atoms with Crippen LogP contribution in [0.2, 0.25) is 0 Å². The van der Waals surface area contributed by atoms with Crippen molar-refractivity contribution in [3.63, 3.8) is 0 Å². The van der Waals surface area contributed by atoms with Crippen LogP contribution in [0, 0.1) is 6.92 Å². The summed E-state index contributed by atoms with van der Waals surface area (Å²) >= 11 is 1.61. The molecule has 0 aliphatic rings. The highest BCUT2D eigenvalue weighted by molar-refractivity contribution is 7.10. The second-order valence-electron chi connectivity index (χ2n) is 2.64. The standard InChI is InChI=1S/C9H13NOS/c1-3-8(5-11)4-9-10-7(2)6-12-9/h4,6,11H,3,5H2,1-2H3/b8-4+. The minimum atomic E-state index is 0.134. The predicted octanol–water partition coefficient (Wildman–Crippen LogP) is 2.24. The van der Waals surface area contributed by atoms with Gasteiger partial charge in [0, 0.05) is 11.1 Å². The fourth-order valence-electron chi connectivity index (χ4n) is 0.873. The van der Waals surface area contributed by atoms with Gasteiger partial charge in [0.15, 0.2) is 0 Å². The van der Waals surface area contributed by atoms with E-state index in [4.69, 9.17) is 5.11 Å². The summed E-state index contributed by atoms with van der Waals surface area (Å²) in [4.78, 5) is 4.28. The molecule has 0 radical (unpaired) electrons. The number of aryl methyl sites for hydroxylation is 1. The van der Waals surface area contributed by atoms with Crippen molar-refractivity contribution < 1.29 is 5.11 Å². The van der Waals surface area contributed by atoms with Gasteiger partial charge in [0.2, 0.25) is 0 Å². The Morgan fingerprint density at radius 1 is 1.75 bits per heavy atom. The number of hydrogen-bond acceptors (Lipinski definition) is 3. The molecule has 0 amide bonds. The van der Waals surface area contributed by atoms with Gasteiger partial charge in [-0.15, -0.1) is 11.3 Å². The summed E-state index contributed by atoms with van der Waals surface area (Å²) in [6.45, 7) is 4.13. The van der Waals surface area contributed by atoms with Gasteiger partial charge in [0.1, 0.15) is 5.01 Å². The van der Waals surface area contributed by atoms with Crippen LogP contribution in [-0.2, 0) is 0 Å². The summed E-state index contributed by atoms with van der Waals surface area (Å²) in [6, 6.07) is 0. The summed E-state index contributed by atoms with van der Waals surface area (Å²) in [6.07, 6.45) is 2.84. The molecule has 2 nitrogen and oxygen atoms in total. The second-order valence-corrected chi connectivity index (χ2v) is 3.53. The first-order chi connectivity index (χ1) is 5.76. The van der Waals surface area contributed by atoms with Crippen LogP contribution in [0.15, 0.2) is 11.0 Å². The van der Waals surface area contributed by atoms with E-state index in [9.17, 15) is 0 Å². The molecule has 0 unspecified atom stereocenters. The van der Waals surface area contributed by atoms with Gasteiger partial charge in [0.25, 0.3) is 0 Å². The predicted molar refractivity (Wildman–Crippen MR) is 52.2 cm³/mol. The first-order valence-electron chi connectivity index (χ1n) is 3.98. The molecule has 0 atom stereocenters. The highest BCUT2D eigenvalue weighted by atomic mass is 32.1. The van der Waals surface area contributed by atoms with Crippen LogP contribution < -0.4 is 0 Å². The topological polar surface area (TPSA) is 33.1 Å². The zero-order valence-corrected chi connectivity index (χ0v) is 8.19. The molecule has 0 saturated carbocycles. The van der Waals surface area contributed by atoms with E-state index in [1.54, 1.807) is 11.3 Å². The van der Waals surface area contributed by atoms with E-state index >= 15 is 0 Å². The lowest BCUT2D eigenvalue weighted by Gasteiger charge is -1.95. The van der Waals surface area contributed by atoms with E-state index in [1.165, 1.54) is 0 Å². The summed E-state index contributed by atoms with van der Waals surface area (Å²) in [7, 11) is 0. The molecule has 0 aliphatic carbocycles. The quantitative estimate of drug-likeness (QED) is 0.779. The fourth-order valence-corrected chi connectivity index (χ4v) is 1.65. The van der Waals surface area contributed by atoms with Crippen molar-refractivity contribution in [3.8, 4) is 0 Å². The number of aliphatic hydroxyl groups excluding tert-OH is 1. The Kier molecular flexibility index (Phi) is 3.44. The lowest BCUT2D eigenvalue weighted by atomic mass is 10.2. The van der Waals surface area contributed by atoms with Gasteiger partial charge >= 0.3 is 0 Å². The van der Waals surface area contributed by atoms with Crippen LogP contribution in [0.1, 0.15) is 24.0 Å². The van der Waals surface area contributed by atoms with Crippen LogP contribution >= 0.6 is 11.3 Å². The van der Waals surface area contributed by atoms with E-state index in [-0.39, 0.29) is 6.61 Å². The van der Waals surface area contributed by atoms with Crippen molar-refractivity contribution in [2.75, 3.05) is 6.61 Å². The van der Waals surface area contributed by atoms with Crippen molar-refractivity contribution >= 4 is 17.4 Å². The lowest BCUT2D eigenvalue weighted by Crippen LogP contribution is -1.87. The molecule has 12 heavy (non-hydrogen) atoms. The monoisotopic (exact) mass is 183 g/mol. The zero-order valence-electron chi connectivity index (χ0n) is 7.37. The number of aliphatic hydroxyl groups is 1. The highest BCUT2D eigenvalue weighted by Gasteiger charge is 1.96. The maximum atomic E-state index is 8.90. The maximum Gasteiger partial charge on any atom is 0.116 e. The van der Waals surface area contributed by atoms with Crippen LogP contribution in [0.4, 0.5) is 0 Å². The Balaban J connectivity index is 2.78. The molecule has 1 aromatic heterocycles. The maximum absolute atomic E-state index is 8.90. The van der Waals surface area contributed by atoms with Crippen LogP contribution in [0.5, 0.6) is 0 Å². The van der Waals surface area contributed by atoms with Crippen molar-refractivity contribution in [3.05, 3.63) is 21.7 Å². The van der Waals surface area contributed by atoms with Gasteiger partial charge in [-0.1, -0.05) is 6.92 Å². The van der Waals surface area contributed by atoms with Crippen molar-refractivity contribution in [1.82, 2.24) is 4.98 Å². The van der Waals surface area contributed by atoms with Crippen molar-refractivity contribution in [1.29, 1.82) is 0 Å². The fraction of sp³-hybridized carbons (Fsp3) is 0.444. The third-order valence-corrected chi connectivity index (χ3v) is 2.53. The third kappa shape index (κ3) is 2.43.